The number of urea groups is 1. The number of rotatable bonds is 34. The van der Waals surface area contributed by atoms with Gasteiger partial charge in [-0.1, -0.05) is 92.8 Å². The van der Waals surface area contributed by atoms with Gasteiger partial charge >= 0.3 is 18.2 Å². The number of carbonyl (C=O) groups excluding carboxylic acids is 9. The number of aliphatic hydroxyl groups excluding tert-OH is 4. The number of hydrogen-bond donors (Lipinski definition) is 9. The second kappa shape index (κ2) is 35.9. The van der Waals surface area contributed by atoms with E-state index in [0.29, 0.717) is 85.4 Å². The second-order valence-electron chi connectivity index (χ2n) is 27.9. The quantitative estimate of drug-likeness (QED) is 0.0124. The molecule has 562 valence electrons. The van der Waals surface area contributed by atoms with Gasteiger partial charge in [0.15, 0.2) is 35.5 Å². The monoisotopic (exact) mass is 1470 g/mol. The van der Waals surface area contributed by atoms with Crippen LogP contribution in [-0.4, -0.2) is 203 Å². The van der Waals surface area contributed by atoms with E-state index < -0.39 is 84.7 Å². The van der Waals surface area contributed by atoms with Crippen LogP contribution in [0.5, 0.6) is 23.0 Å². The van der Waals surface area contributed by atoms with Crippen LogP contribution in [0.25, 0.3) is 0 Å². The van der Waals surface area contributed by atoms with E-state index in [0.717, 1.165) is 35.5 Å². The standard InChI is InChI=1S/C72H98N10O19S2/c1-43(2)61(77-58(84)18-10-8-13-28-78-59(85)23-24-60(78)86)63(88)76-49(17-16-27-74-68(73)93)62(87)75-46-21-19-45(20-22-46)40-100-69(94)81-50-36-56(54(96-6)34-47(50)64(89)79-39-44(3)33-52(79)66(81)91)98-30-14-9-15-31-99-57-37-51-48(35-55(57)97-7)65(90)80-41-71(4,5)38-53(80)67(92)82(51)70(95)101-42-72(25-11-12-26-72)103-102-32-29-83/h19-24,34-37,43,49,52-53,61,65-67,83,90-92H,3,8-18,25-33,38-42H2,1-2,4-7H3,(H,75,87)(H,76,88)(H,77,84)(H3,73,74,93)/t49-,52-,53-,61-,65?,66?,67?/m0/s1. The molecule has 2 saturated heterocycles. The Kier molecular flexibility index (Phi) is 27.5. The molecule has 5 heterocycles. The number of aliphatic hydroxyl groups is 4. The number of anilines is 3. The predicted molar refractivity (Wildman–Crippen MR) is 385 cm³/mol. The van der Waals surface area contributed by atoms with E-state index in [2.05, 4.69) is 41.7 Å². The second-order valence-corrected chi connectivity index (χ2v) is 30.8. The van der Waals surface area contributed by atoms with Crippen molar-refractivity contribution in [3.05, 3.63) is 89.5 Å². The number of primary amides is 1. The first-order valence-electron chi connectivity index (χ1n) is 35.1. The molecule has 10 amide bonds. The molecule has 3 fully saturated rings. The summed E-state index contributed by atoms with van der Waals surface area (Å²) in [5.41, 5.74) is 7.04. The van der Waals surface area contributed by atoms with E-state index in [1.165, 1.54) is 48.3 Å². The van der Waals surface area contributed by atoms with Crippen LogP contribution in [0.1, 0.15) is 152 Å². The number of nitrogens with one attached hydrogen (secondary N) is 4. The lowest BCUT2D eigenvalue weighted by Crippen LogP contribution is -2.54. The first kappa shape index (κ1) is 78.8. The predicted octanol–water partition coefficient (Wildman–Crippen LogP) is 7.13. The zero-order valence-corrected chi connectivity index (χ0v) is 61.0. The minimum absolute atomic E-state index is 0.00706. The molecule has 6 aliphatic rings. The molecule has 5 aliphatic heterocycles. The Balaban J connectivity index is 0.817. The number of benzene rings is 3. The number of hydrogen-bond acceptors (Lipinski definition) is 22. The lowest BCUT2D eigenvalue weighted by molar-refractivity contribution is -0.137. The van der Waals surface area contributed by atoms with Crippen LogP contribution in [0.3, 0.4) is 0 Å². The Labute approximate surface area is 607 Å². The highest BCUT2D eigenvalue weighted by Crippen LogP contribution is 2.51. The zero-order valence-electron chi connectivity index (χ0n) is 59.3. The molecule has 3 unspecified atom stereocenters. The minimum Gasteiger partial charge on any atom is -0.493 e. The van der Waals surface area contributed by atoms with E-state index >= 15 is 0 Å². The van der Waals surface area contributed by atoms with E-state index in [9.17, 15) is 63.6 Å². The molecule has 103 heavy (non-hydrogen) atoms. The molecule has 1 aliphatic carbocycles. The normalized spacial score (nSPS) is 20.8. The van der Waals surface area contributed by atoms with Gasteiger partial charge in [0.1, 0.15) is 31.5 Å². The van der Waals surface area contributed by atoms with Crippen molar-refractivity contribution < 1.29 is 92.0 Å². The molecular formula is C72H98N10O19S2. The fourth-order valence-corrected chi connectivity index (χ4v) is 16.7. The average molecular weight is 1470 g/mol. The molecule has 7 atom stereocenters. The van der Waals surface area contributed by atoms with Gasteiger partial charge in [-0.05, 0) is 112 Å². The van der Waals surface area contributed by atoms with Crippen molar-refractivity contribution in [2.24, 2.45) is 17.1 Å². The van der Waals surface area contributed by atoms with Gasteiger partial charge in [-0.15, -0.1) is 0 Å². The van der Waals surface area contributed by atoms with E-state index in [1.54, 1.807) is 71.8 Å². The molecule has 31 heteroatoms. The number of imide groups is 1. The van der Waals surface area contributed by atoms with Crippen molar-refractivity contribution in [3.8, 4) is 23.0 Å². The average Bonchev–Trinajstić information content (AvgIpc) is 1.61. The number of amides is 10. The van der Waals surface area contributed by atoms with Crippen LogP contribution >= 0.6 is 21.6 Å². The number of unbranched alkanes of at least 4 members (excludes halogenated alkanes) is 4. The fourth-order valence-electron chi connectivity index (χ4n) is 13.9. The van der Waals surface area contributed by atoms with Crippen molar-refractivity contribution in [2.45, 2.75) is 178 Å². The number of ether oxygens (including phenoxy) is 6. The molecule has 0 aromatic heterocycles. The molecule has 9 rings (SSSR count). The summed E-state index contributed by atoms with van der Waals surface area (Å²) in [4.78, 5) is 126. The molecule has 0 radical (unpaired) electrons. The minimum atomic E-state index is -1.60. The zero-order chi connectivity index (χ0) is 74.3. The molecular weight excluding hydrogens is 1370 g/mol. The number of carbonyl (C=O) groups is 9. The van der Waals surface area contributed by atoms with Gasteiger partial charge in [0.2, 0.25) is 17.7 Å². The largest absolute Gasteiger partial charge is 0.493 e. The lowest BCUT2D eigenvalue weighted by Gasteiger charge is -2.34. The first-order chi connectivity index (χ1) is 49.3. The van der Waals surface area contributed by atoms with Crippen molar-refractivity contribution >= 4 is 92.3 Å². The van der Waals surface area contributed by atoms with Gasteiger partial charge in [0, 0.05) is 73.9 Å². The number of nitrogens with two attached hydrogens (primary N) is 1. The third-order valence-electron chi connectivity index (χ3n) is 19.2. The lowest BCUT2D eigenvalue weighted by atomic mass is 9.90. The number of methoxy groups -OCH3 is 2. The van der Waals surface area contributed by atoms with Crippen molar-refractivity contribution in [3.63, 3.8) is 0 Å². The van der Waals surface area contributed by atoms with Crippen LogP contribution in [-0.2, 0) is 40.1 Å². The third-order valence-corrected chi connectivity index (χ3v) is 22.5. The maximum atomic E-state index is 14.5. The van der Waals surface area contributed by atoms with Gasteiger partial charge in [0.05, 0.1) is 67.8 Å². The topological polar surface area (TPSA) is 380 Å². The number of fused-ring (bicyclic) bond motifs is 4. The summed E-state index contributed by atoms with van der Waals surface area (Å²) in [5, 5.41) is 56.6. The van der Waals surface area contributed by atoms with Crippen molar-refractivity contribution in [2.75, 3.05) is 87.7 Å². The summed E-state index contributed by atoms with van der Waals surface area (Å²) < 4.78 is 35.8. The van der Waals surface area contributed by atoms with Gasteiger partial charge in [0.25, 0.3) is 17.7 Å². The molecule has 3 aromatic rings. The molecule has 3 aromatic carbocycles. The smallest absolute Gasteiger partial charge is 0.416 e. The molecule has 10 N–H and O–H groups in total. The summed E-state index contributed by atoms with van der Waals surface area (Å²) in [6.07, 6.45) is 4.26. The Morgan fingerprint density at radius 1 is 0.757 bits per heavy atom. The van der Waals surface area contributed by atoms with Crippen LogP contribution in [0.15, 0.2) is 72.8 Å². The Bertz CT molecular complexity index is 3590. The maximum Gasteiger partial charge on any atom is 0.416 e. The van der Waals surface area contributed by atoms with E-state index in [-0.39, 0.29) is 140 Å². The van der Waals surface area contributed by atoms with Gasteiger partial charge in [-0.3, -0.25) is 38.6 Å². The summed E-state index contributed by atoms with van der Waals surface area (Å²) in [7, 11) is 6.05. The van der Waals surface area contributed by atoms with Crippen LogP contribution in [0, 0.1) is 11.3 Å². The highest BCUT2D eigenvalue weighted by Gasteiger charge is 2.52. The number of nitrogens with zero attached hydrogens (tertiary/aromatic N) is 5. The first-order valence-corrected chi connectivity index (χ1v) is 37.4. The maximum absolute atomic E-state index is 14.5. The summed E-state index contributed by atoms with van der Waals surface area (Å²) in [6.45, 7) is 12.7. The third kappa shape index (κ3) is 19.7. The highest BCUT2D eigenvalue weighted by molar-refractivity contribution is 8.77. The van der Waals surface area contributed by atoms with Crippen LogP contribution in [0.4, 0.5) is 31.4 Å². The summed E-state index contributed by atoms with van der Waals surface area (Å²) in [5.74, 6) is -1.78. The van der Waals surface area contributed by atoms with Crippen molar-refractivity contribution in [1.82, 2.24) is 30.7 Å². The molecule has 0 spiro atoms. The van der Waals surface area contributed by atoms with E-state index in [1.807, 2.05) is 4.90 Å². The summed E-state index contributed by atoms with van der Waals surface area (Å²) in [6, 6.07) is 8.02. The fraction of sp³-hybridized carbons (Fsp3) is 0.569. The summed E-state index contributed by atoms with van der Waals surface area (Å²) >= 11 is 0. The van der Waals surface area contributed by atoms with Crippen LogP contribution in [0.2, 0.25) is 0 Å². The van der Waals surface area contributed by atoms with E-state index in [4.69, 9.17) is 34.2 Å². The molecule has 29 nitrogen and oxygen atoms in total. The Morgan fingerprint density at radius 3 is 2.04 bits per heavy atom. The van der Waals surface area contributed by atoms with Crippen LogP contribution < -0.4 is 55.7 Å². The Morgan fingerprint density at radius 2 is 1.39 bits per heavy atom. The van der Waals surface area contributed by atoms with Gasteiger partial charge in [-0.25, -0.2) is 24.2 Å². The van der Waals surface area contributed by atoms with Gasteiger partial charge < -0.3 is 80.7 Å². The molecule has 1 saturated carbocycles. The Hall–Kier alpha value is -8.33. The van der Waals surface area contributed by atoms with Crippen molar-refractivity contribution in [1.29, 1.82) is 0 Å². The molecule has 0 bridgehead atoms. The highest BCUT2D eigenvalue weighted by atomic mass is 33.1. The van der Waals surface area contributed by atoms with Gasteiger partial charge in [-0.2, -0.15) is 0 Å². The SMILES string of the molecule is C=C1C[C@H]2C(O)N(C(=O)OCc3ccc(NC(=O)[C@H](CCCNC(N)=O)NC(=O)[C@@H](NC(=O)CCCCCN4C(=O)C=CC4=O)C(C)C)cc3)c3cc(OCCCCCOc4cc5c(cc4OC)C(O)N4CC(C)(C)C[C@H]4C(O)N5C(=O)OCC4(SSCCO)CCCC4)c(OC)cc3C(=O)N2C1.